The van der Waals surface area contributed by atoms with E-state index in [9.17, 15) is 4.79 Å². The number of ether oxygens (including phenoxy) is 1. The van der Waals surface area contributed by atoms with Gasteiger partial charge in [-0.1, -0.05) is 0 Å². The molecule has 7 heteroatoms. The minimum atomic E-state index is -0.127. The minimum absolute atomic E-state index is 0.127. The maximum atomic E-state index is 12.0. The maximum absolute atomic E-state index is 12.0. The summed E-state index contributed by atoms with van der Waals surface area (Å²) < 4.78 is 4.92. The Kier molecular flexibility index (Phi) is 5.43. The molecule has 1 unspecified atom stereocenters. The number of anilines is 1. The SMILES string of the molecule is COCCNC(=O)c1ccc(N2CCCC(c3ncc[nH]3)C2)nc1. The molecule has 0 aromatic carbocycles. The normalized spacial score (nSPS) is 17.7. The van der Waals surface area contributed by atoms with Gasteiger partial charge < -0.3 is 19.9 Å². The standard InChI is InChI=1S/C17H23N5O2/c1-24-10-8-20-17(23)13-4-5-15(21-11-13)22-9-2-3-14(12-22)16-18-6-7-19-16/h4-7,11,14H,2-3,8-10,12H2,1H3,(H,18,19)(H,20,23). The van der Waals surface area contributed by atoms with Gasteiger partial charge in [-0.25, -0.2) is 9.97 Å². The number of pyridine rings is 1. The Morgan fingerprint density at radius 3 is 3.08 bits per heavy atom. The molecule has 1 saturated heterocycles. The lowest BCUT2D eigenvalue weighted by atomic mass is 9.97. The van der Waals surface area contributed by atoms with Crippen molar-refractivity contribution in [1.82, 2.24) is 20.3 Å². The lowest BCUT2D eigenvalue weighted by Crippen LogP contribution is -2.35. The highest BCUT2D eigenvalue weighted by atomic mass is 16.5. The van der Waals surface area contributed by atoms with E-state index >= 15 is 0 Å². The van der Waals surface area contributed by atoms with Crippen molar-refractivity contribution in [2.75, 3.05) is 38.3 Å². The fourth-order valence-electron chi connectivity index (χ4n) is 2.99. The van der Waals surface area contributed by atoms with Crippen LogP contribution >= 0.6 is 0 Å². The second-order valence-corrected chi connectivity index (χ2v) is 5.91. The third kappa shape index (κ3) is 3.91. The van der Waals surface area contributed by atoms with E-state index in [4.69, 9.17) is 4.74 Å². The average molecular weight is 329 g/mol. The summed E-state index contributed by atoms with van der Waals surface area (Å²) >= 11 is 0. The number of nitrogens with one attached hydrogen (secondary N) is 2. The molecule has 0 bridgehead atoms. The van der Waals surface area contributed by atoms with Gasteiger partial charge in [-0.3, -0.25) is 4.79 Å². The van der Waals surface area contributed by atoms with Crippen molar-refractivity contribution in [3.8, 4) is 0 Å². The summed E-state index contributed by atoms with van der Waals surface area (Å²) in [6.07, 6.45) is 7.53. The van der Waals surface area contributed by atoms with E-state index < -0.39 is 0 Å². The molecule has 128 valence electrons. The molecular weight excluding hydrogens is 306 g/mol. The molecule has 2 aromatic heterocycles. The quantitative estimate of drug-likeness (QED) is 0.786. The molecule has 3 rings (SSSR count). The summed E-state index contributed by atoms with van der Waals surface area (Å²) in [4.78, 5) is 26.3. The number of aromatic nitrogens is 3. The van der Waals surface area contributed by atoms with Crippen molar-refractivity contribution in [3.63, 3.8) is 0 Å². The predicted octanol–water partition coefficient (Wildman–Crippen LogP) is 1.56. The summed E-state index contributed by atoms with van der Waals surface area (Å²) in [5, 5.41) is 2.79. The highest BCUT2D eigenvalue weighted by Gasteiger charge is 2.23. The van der Waals surface area contributed by atoms with Crippen LogP contribution in [0, 0.1) is 0 Å². The number of piperidine rings is 1. The van der Waals surface area contributed by atoms with Crippen LogP contribution in [0.4, 0.5) is 5.82 Å². The molecule has 2 aromatic rings. The smallest absolute Gasteiger partial charge is 0.252 e. The van der Waals surface area contributed by atoms with Gasteiger partial charge in [0, 0.05) is 51.3 Å². The Morgan fingerprint density at radius 1 is 1.46 bits per heavy atom. The van der Waals surface area contributed by atoms with Crippen LogP contribution in [0.2, 0.25) is 0 Å². The molecule has 24 heavy (non-hydrogen) atoms. The van der Waals surface area contributed by atoms with Crippen LogP contribution < -0.4 is 10.2 Å². The highest BCUT2D eigenvalue weighted by molar-refractivity contribution is 5.94. The lowest BCUT2D eigenvalue weighted by Gasteiger charge is -2.32. The van der Waals surface area contributed by atoms with Crippen molar-refractivity contribution in [3.05, 3.63) is 42.1 Å². The topological polar surface area (TPSA) is 83.1 Å². The lowest BCUT2D eigenvalue weighted by molar-refractivity contribution is 0.0937. The molecule has 0 radical (unpaired) electrons. The first-order chi connectivity index (χ1) is 11.8. The number of amides is 1. The summed E-state index contributed by atoms with van der Waals surface area (Å²) in [6.45, 7) is 2.86. The number of carbonyl (C=O) groups is 1. The van der Waals surface area contributed by atoms with E-state index in [2.05, 4.69) is 25.2 Å². The van der Waals surface area contributed by atoms with Gasteiger partial charge >= 0.3 is 0 Å². The Morgan fingerprint density at radius 2 is 2.38 bits per heavy atom. The summed E-state index contributed by atoms with van der Waals surface area (Å²) in [6, 6.07) is 3.73. The van der Waals surface area contributed by atoms with Gasteiger partial charge in [0.25, 0.3) is 5.91 Å². The number of imidazole rings is 1. The summed E-state index contributed by atoms with van der Waals surface area (Å²) in [7, 11) is 1.61. The molecule has 3 heterocycles. The fraction of sp³-hybridized carbons (Fsp3) is 0.471. The highest BCUT2D eigenvalue weighted by Crippen LogP contribution is 2.27. The van der Waals surface area contributed by atoms with Crippen LogP contribution in [-0.4, -0.2) is 54.2 Å². The largest absolute Gasteiger partial charge is 0.383 e. The zero-order valence-corrected chi connectivity index (χ0v) is 13.9. The van der Waals surface area contributed by atoms with Crippen molar-refractivity contribution in [1.29, 1.82) is 0 Å². The Labute approximate surface area is 141 Å². The van der Waals surface area contributed by atoms with Gasteiger partial charge in [-0.2, -0.15) is 0 Å². The van der Waals surface area contributed by atoms with Crippen molar-refractivity contribution in [2.24, 2.45) is 0 Å². The predicted molar refractivity (Wildman–Crippen MR) is 91.2 cm³/mol. The van der Waals surface area contributed by atoms with Gasteiger partial charge in [-0.05, 0) is 25.0 Å². The van der Waals surface area contributed by atoms with Crippen molar-refractivity contribution >= 4 is 11.7 Å². The molecule has 0 aliphatic carbocycles. The van der Waals surface area contributed by atoms with E-state index in [1.165, 1.54) is 0 Å². The Balaban J connectivity index is 1.61. The van der Waals surface area contributed by atoms with Gasteiger partial charge in [0.05, 0.1) is 12.2 Å². The van der Waals surface area contributed by atoms with E-state index in [0.717, 1.165) is 37.6 Å². The number of nitrogens with zero attached hydrogens (tertiary/aromatic N) is 3. The molecule has 7 nitrogen and oxygen atoms in total. The van der Waals surface area contributed by atoms with E-state index in [0.29, 0.717) is 24.6 Å². The number of carbonyl (C=O) groups excluding carboxylic acids is 1. The molecule has 0 saturated carbocycles. The Hall–Kier alpha value is -2.41. The zero-order valence-electron chi connectivity index (χ0n) is 13.9. The average Bonchev–Trinajstić information content (AvgIpc) is 3.17. The molecule has 1 fully saturated rings. The van der Waals surface area contributed by atoms with Gasteiger partial charge in [0.1, 0.15) is 11.6 Å². The third-order valence-corrected chi connectivity index (χ3v) is 4.25. The minimum Gasteiger partial charge on any atom is -0.383 e. The van der Waals surface area contributed by atoms with Crippen LogP contribution in [0.5, 0.6) is 0 Å². The molecule has 1 aliphatic heterocycles. The van der Waals surface area contributed by atoms with Crippen LogP contribution in [0.1, 0.15) is 34.9 Å². The maximum Gasteiger partial charge on any atom is 0.252 e. The molecule has 0 spiro atoms. The number of rotatable bonds is 6. The number of methoxy groups -OCH3 is 1. The number of hydrogen-bond donors (Lipinski definition) is 2. The monoisotopic (exact) mass is 329 g/mol. The second-order valence-electron chi connectivity index (χ2n) is 5.91. The first-order valence-corrected chi connectivity index (χ1v) is 8.25. The van der Waals surface area contributed by atoms with Gasteiger partial charge in [0.15, 0.2) is 0 Å². The number of hydrogen-bond acceptors (Lipinski definition) is 5. The number of H-pyrrole nitrogens is 1. The molecule has 1 atom stereocenters. The van der Waals surface area contributed by atoms with Gasteiger partial charge in [-0.15, -0.1) is 0 Å². The van der Waals surface area contributed by atoms with Crippen LogP contribution in [0.25, 0.3) is 0 Å². The zero-order chi connectivity index (χ0) is 16.8. The first kappa shape index (κ1) is 16.4. The molecular formula is C17H23N5O2. The van der Waals surface area contributed by atoms with E-state index in [1.54, 1.807) is 19.5 Å². The fourth-order valence-corrected chi connectivity index (χ4v) is 2.99. The molecule has 1 aliphatic rings. The summed E-state index contributed by atoms with van der Waals surface area (Å²) in [5.74, 6) is 2.21. The van der Waals surface area contributed by atoms with E-state index in [-0.39, 0.29) is 5.91 Å². The first-order valence-electron chi connectivity index (χ1n) is 8.25. The van der Waals surface area contributed by atoms with Crippen LogP contribution in [0.3, 0.4) is 0 Å². The third-order valence-electron chi connectivity index (χ3n) is 4.25. The van der Waals surface area contributed by atoms with Crippen molar-refractivity contribution < 1.29 is 9.53 Å². The van der Waals surface area contributed by atoms with E-state index in [1.807, 2.05) is 18.3 Å². The van der Waals surface area contributed by atoms with Crippen LogP contribution in [-0.2, 0) is 4.74 Å². The number of aromatic amines is 1. The van der Waals surface area contributed by atoms with Gasteiger partial charge in [0.2, 0.25) is 0 Å². The molecule has 2 N–H and O–H groups in total. The Bertz CT molecular complexity index is 642. The molecule has 1 amide bonds. The second kappa shape index (κ2) is 7.92. The van der Waals surface area contributed by atoms with Crippen molar-refractivity contribution in [2.45, 2.75) is 18.8 Å². The van der Waals surface area contributed by atoms with Crippen LogP contribution in [0.15, 0.2) is 30.7 Å². The summed E-state index contributed by atoms with van der Waals surface area (Å²) in [5.41, 5.74) is 0.564.